The van der Waals surface area contributed by atoms with Gasteiger partial charge in [0.05, 0.1) is 0 Å². The molecule has 2 rings (SSSR count). The summed E-state index contributed by atoms with van der Waals surface area (Å²) < 4.78 is 21.6. The third kappa shape index (κ3) is 5.13. The lowest BCUT2D eigenvalue weighted by Crippen LogP contribution is -2.41. The molecule has 0 aromatic carbocycles. The van der Waals surface area contributed by atoms with Crippen molar-refractivity contribution in [2.24, 2.45) is 0 Å². The lowest BCUT2D eigenvalue weighted by atomic mass is 10.1. The highest BCUT2D eigenvalue weighted by Crippen LogP contribution is 2.33. The van der Waals surface area contributed by atoms with Crippen LogP contribution in [-0.4, -0.2) is 58.7 Å². The van der Waals surface area contributed by atoms with Crippen molar-refractivity contribution in [3.05, 3.63) is 33.1 Å². The lowest BCUT2D eigenvalue weighted by Gasteiger charge is -2.22. The summed E-state index contributed by atoms with van der Waals surface area (Å²) in [4.78, 5) is 70.3. The Morgan fingerprint density at radius 2 is 1.96 bits per heavy atom. The fraction of sp³-hybridized carbons (Fsp3) is 0.500. The third-order valence-corrected chi connectivity index (χ3v) is 3.73. The molecule has 0 spiro atoms. The van der Waals surface area contributed by atoms with Crippen LogP contribution in [0.15, 0.2) is 21.9 Å². The summed E-state index contributed by atoms with van der Waals surface area (Å²) in [6.07, 6.45) is -4.19. The Labute approximate surface area is 157 Å². The molecule has 0 saturated carbocycles. The van der Waals surface area contributed by atoms with Crippen LogP contribution in [0.1, 0.15) is 26.5 Å². The van der Waals surface area contributed by atoms with Gasteiger partial charge in [-0.2, -0.15) is 0 Å². The van der Waals surface area contributed by atoms with Gasteiger partial charge in [-0.25, -0.2) is 4.79 Å². The van der Waals surface area contributed by atoms with Crippen LogP contribution in [0.4, 0.5) is 0 Å². The van der Waals surface area contributed by atoms with Crippen LogP contribution >= 0.6 is 0 Å². The van der Waals surface area contributed by atoms with Gasteiger partial charge in [0.25, 0.3) is 12.0 Å². The summed E-state index contributed by atoms with van der Waals surface area (Å²) in [6, 6.07) is 1.05. The van der Waals surface area contributed by atoms with Crippen LogP contribution in [0.25, 0.3) is 0 Å². The molecule has 4 atom stereocenters. The minimum absolute atomic E-state index is 0.0817. The maximum absolute atomic E-state index is 12.1. The van der Waals surface area contributed by atoms with Crippen molar-refractivity contribution in [3.8, 4) is 0 Å². The molecule has 152 valence electrons. The Bertz CT molecular complexity index is 873. The van der Waals surface area contributed by atoms with E-state index in [4.69, 9.17) is 18.9 Å². The van der Waals surface area contributed by atoms with Crippen molar-refractivity contribution >= 4 is 24.2 Å². The molecule has 1 aromatic rings. The molecule has 0 amide bonds. The minimum atomic E-state index is -1.27. The van der Waals surface area contributed by atoms with Crippen LogP contribution in [0.2, 0.25) is 0 Å². The normalized spacial score (nSPS) is 23.6. The topological polar surface area (TPSA) is 160 Å². The van der Waals surface area contributed by atoms with Gasteiger partial charge in [0.15, 0.2) is 18.4 Å². The highest BCUT2D eigenvalue weighted by atomic mass is 16.7. The molecule has 12 nitrogen and oxygen atoms in total. The number of nitrogens with zero attached hydrogens (tertiary/aromatic N) is 1. The zero-order valence-electron chi connectivity index (χ0n) is 15.0. The smallest absolute Gasteiger partial charge is 0.330 e. The summed E-state index contributed by atoms with van der Waals surface area (Å²) in [7, 11) is 0. The molecule has 12 heteroatoms. The zero-order chi connectivity index (χ0) is 20.8. The van der Waals surface area contributed by atoms with Crippen LogP contribution in [0.3, 0.4) is 0 Å². The monoisotopic (exact) mass is 398 g/mol. The third-order valence-electron chi connectivity index (χ3n) is 3.73. The number of rotatable bonds is 8. The summed E-state index contributed by atoms with van der Waals surface area (Å²) in [6.45, 7) is 1.97. The van der Waals surface area contributed by atoms with Crippen LogP contribution in [0.5, 0.6) is 0 Å². The number of hydrogen-bond donors (Lipinski definition) is 1. The molecule has 1 fully saturated rings. The highest BCUT2D eigenvalue weighted by molar-refractivity contribution is 5.94. The summed E-state index contributed by atoms with van der Waals surface area (Å²) >= 11 is 0. The molecule has 1 aliphatic heterocycles. The molecule has 0 aliphatic carbocycles. The Morgan fingerprint density at radius 3 is 2.54 bits per heavy atom. The van der Waals surface area contributed by atoms with Crippen molar-refractivity contribution in [3.63, 3.8) is 0 Å². The standard InChI is InChI=1S/C16H18N2O10/c1-8(20)5-12(23)25-6-10-13(27-9(2)21)14(26-7-19)15(28-10)18-4-3-11(22)17-16(18)24/h3-4,7,10,13-15H,5-6H2,1-2H3,(H,17,22,24). The number of ketones is 1. The molecule has 1 aromatic heterocycles. The Kier molecular flexibility index (Phi) is 6.82. The van der Waals surface area contributed by atoms with Gasteiger partial charge in [0.2, 0.25) is 0 Å². The molecular weight excluding hydrogens is 380 g/mol. The molecule has 1 saturated heterocycles. The first-order valence-corrected chi connectivity index (χ1v) is 8.11. The zero-order valence-corrected chi connectivity index (χ0v) is 15.0. The molecule has 1 N–H and O–H groups in total. The number of esters is 2. The van der Waals surface area contributed by atoms with Gasteiger partial charge in [0, 0.05) is 19.2 Å². The maximum Gasteiger partial charge on any atom is 0.330 e. The van der Waals surface area contributed by atoms with E-state index in [1.165, 1.54) is 6.92 Å². The molecule has 28 heavy (non-hydrogen) atoms. The SMILES string of the molecule is CC(=O)CC(=O)OCC1OC(n2ccc(=O)[nH]c2=O)C(OC=O)C1OC(C)=O. The number of H-pyrrole nitrogens is 1. The Morgan fingerprint density at radius 1 is 1.25 bits per heavy atom. The Hall–Kier alpha value is -3.28. The van der Waals surface area contributed by atoms with Crippen molar-refractivity contribution in [1.29, 1.82) is 0 Å². The van der Waals surface area contributed by atoms with Gasteiger partial charge in [-0.05, 0) is 6.92 Å². The van der Waals surface area contributed by atoms with Gasteiger partial charge >= 0.3 is 17.6 Å². The van der Waals surface area contributed by atoms with Crippen molar-refractivity contribution in [1.82, 2.24) is 9.55 Å². The second kappa shape index (κ2) is 9.08. The van der Waals surface area contributed by atoms with E-state index in [-0.39, 0.29) is 6.47 Å². The van der Waals surface area contributed by atoms with Crippen molar-refractivity contribution in [2.75, 3.05) is 6.61 Å². The fourth-order valence-corrected chi connectivity index (χ4v) is 2.67. The van der Waals surface area contributed by atoms with Crippen LogP contribution in [0, 0.1) is 0 Å². The maximum atomic E-state index is 12.1. The second-order valence-electron chi connectivity index (χ2n) is 5.92. The summed E-state index contributed by atoms with van der Waals surface area (Å²) in [5.41, 5.74) is -1.51. The van der Waals surface area contributed by atoms with E-state index < -0.39 is 66.5 Å². The molecular formula is C16H18N2O10. The van der Waals surface area contributed by atoms with Gasteiger partial charge in [-0.15, -0.1) is 0 Å². The summed E-state index contributed by atoms with van der Waals surface area (Å²) in [5.74, 6) is -1.97. The molecule has 0 bridgehead atoms. The average Bonchev–Trinajstić information content (AvgIpc) is 2.90. The predicted molar refractivity (Wildman–Crippen MR) is 88.0 cm³/mol. The first-order chi connectivity index (χ1) is 13.2. The van der Waals surface area contributed by atoms with E-state index in [9.17, 15) is 28.8 Å². The number of ether oxygens (including phenoxy) is 4. The number of carbonyl (C=O) groups is 4. The number of nitrogens with one attached hydrogen (secondary N) is 1. The average molecular weight is 398 g/mol. The number of Topliss-reactive ketones (excluding diaryl/α,β-unsaturated/α-hetero) is 1. The first-order valence-electron chi connectivity index (χ1n) is 8.11. The van der Waals surface area contributed by atoms with Gasteiger partial charge < -0.3 is 18.9 Å². The van der Waals surface area contributed by atoms with E-state index in [0.29, 0.717) is 0 Å². The summed E-state index contributed by atoms with van der Waals surface area (Å²) in [5, 5.41) is 0. The van der Waals surface area contributed by atoms with Gasteiger partial charge in [-0.1, -0.05) is 0 Å². The largest absolute Gasteiger partial charge is 0.462 e. The molecule has 1 aliphatic rings. The number of hydrogen-bond acceptors (Lipinski definition) is 10. The van der Waals surface area contributed by atoms with Crippen LogP contribution in [-0.2, 0) is 38.1 Å². The number of carbonyl (C=O) groups excluding carboxylic acids is 4. The van der Waals surface area contributed by atoms with E-state index in [1.807, 2.05) is 4.98 Å². The molecule has 0 radical (unpaired) electrons. The van der Waals surface area contributed by atoms with Crippen molar-refractivity contribution in [2.45, 2.75) is 44.8 Å². The fourth-order valence-electron chi connectivity index (χ4n) is 2.67. The van der Waals surface area contributed by atoms with E-state index in [1.54, 1.807) is 0 Å². The minimum Gasteiger partial charge on any atom is -0.462 e. The van der Waals surface area contributed by atoms with E-state index in [2.05, 4.69) is 0 Å². The van der Waals surface area contributed by atoms with Gasteiger partial charge in [-0.3, -0.25) is 33.5 Å². The van der Waals surface area contributed by atoms with E-state index in [0.717, 1.165) is 23.8 Å². The van der Waals surface area contributed by atoms with Crippen molar-refractivity contribution < 1.29 is 38.1 Å². The predicted octanol–water partition coefficient (Wildman–Crippen LogP) is -1.57. The first kappa shape index (κ1) is 21.0. The van der Waals surface area contributed by atoms with E-state index >= 15 is 0 Å². The second-order valence-corrected chi connectivity index (χ2v) is 5.92. The quantitative estimate of drug-likeness (QED) is 0.234. The number of aromatic nitrogens is 2. The lowest BCUT2D eigenvalue weighted by molar-refractivity contribution is -0.162. The molecule has 4 unspecified atom stereocenters. The molecule has 2 heterocycles. The van der Waals surface area contributed by atoms with Crippen LogP contribution < -0.4 is 11.2 Å². The highest BCUT2D eigenvalue weighted by Gasteiger charge is 2.50. The number of aromatic amines is 1. The Balaban J connectivity index is 2.30. The van der Waals surface area contributed by atoms with Gasteiger partial charge in [0.1, 0.15) is 24.9 Å².